The zero-order valence-corrected chi connectivity index (χ0v) is 21.4. The van der Waals surface area contributed by atoms with E-state index in [0.717, 1.165) is 26.6 Å². The Morgan fingerprint density at radius 3 is 2.24 bits per heavy atom. The Morgan fingerprint density at radius 1 is 0.941 bits per heavy atom. The van der Waals surface area contributed by atoms with Crippen molar-refractivity contribution < 1.29 is 17.9 Å². The maximum absolute atomic E-state index is 13.6. The molecule has 0 saturated carbocycles. The van der Waals surface area contributed by atoms with Crippen LogP contribution in [-0.2, 0) is 14.8 Å². The van der Waals surface area contributed by atoms with Gasteiger partial charge in [0, 0.05) is 0 Å². The molecule has 3 aromatic rings. The van der Waals surface area contributed by atoms with Crippen molar-refractivity contribution in [3.63, 3.8) is 0 Å². The summed E-state index contributed by atoms with van der Waals surface area (Å²) in [6.07, 6.45) is 0. The van der Waals surface area contributed by atoms with Crippen molar-refractivity contribution in [1.29, 1.82) is 0 Å². The van der Waals surface area contributed by atoms with E-state index in [1.165, 1.54) is 24.8 Å². The molecular formula is C27H32N2O4S. The van der Waals surface area contributed by atoms with Gasteiger partial charge in [-0.05, 0) is 86.7 Å². The molecule has 0 radical (unpaired) electrons. The molecule has 0 saturated heterocycles. The molecule has 0 fully saturated rings. The Morgan fingerprint density at radius 2 is 1.59 bits per heavy atom. The quantitative estimate of drug-likeness (QED) is 0.492. The number of carbonyl (C=O) groups excluding carboxylic acids is 1. The van der Waals surface area contributed by atoms with E-state index >= 15 is 0 Å². The smallest absolute Gasteiger partial charge is 0.264 e. The first-order valence-electron chi connectivity index (χ1n) is 11.1. The molecule has 0 aliphatic rings. The number of anilines is 1. The summed E-state index contributed by atoms with van der Waals surface area (Å²) in [6.45, 7) is 9.47. The number of benzene rings is 3. The maximum atomic E-state index is 13.6. The summed E-state index contributed by atoms with van der Waals surface area (Å²) >= 11 is 0. The second-order valence-corrected chi connectivity index (χ2v) is 10.4. The summed E-state index contributed by atoms with van der Waals surface area (Å²) in [7, 11) is -2.55. The number of hydrogen-bond donors (Lipinski definition) is 1. The minimum absolute atomic E-state index is 0.101. The number of hydrogen-bond acceptors (Lipinski definition) is 4. The molecule has 6 nitrogen and oxygen atoms in total. The SMILES string of the molecule is COc1ccc(C)cc1N(CC(=O)N[C@@H](C)c1cc(C)c(C)cc1C)S(=O)(=O)c1ccccc1. The Bertz CT molecular complexity index is 1290. The third-order valence-electron chi connectivity index (χ3n) is 5.95. The van der Waals surface area contributed by atoms with Gasteiger partial charge >= 0.3 is 0 Å². The van der Waals surface area contributed by atoms with Gasteiger partial charge in [0.25, 0.3) is 10.0 Å². The lowest BCUT2D eigenvalue weighted by Crippen LogP contribution is -2.41. The highest BCUT2D eigenvalue weighted by Crippen LogP contribution is 2.33. The summed E-state index contributed by atoms with van der Waals surface area (Å²) < 4.78 is 33.8. The van der Waals surface area contributed by atoms with Crippen LogP contribution >= 0.6 is 0 Å². The van der Waals surface area contributed by atoms with Gasteiger partial charge in [0.2, 0.25) is 5.91 Å². The molecule has 1 atom stereocenters. The van der Waals surface area contributed by atoms with Crippen molar-refractivity contribution in [1.82, 2.24) is 5.32 Å². The summed E-state index contributed by atoms with van der Waals surface area (Å²) in [5.74, 6) is -0.0378. The van der Waals surface area contributed by atoms with Crippen LogP contribution in [0.25, 0.3) is 0 Å². The summed E-state index contributed by atoms with van der Waals surface area (Å²) in [6, 6.07) is 17.2. The Labute approximate surface area is 202 Å². The minimum Gasteiger partial charge on any atom is -0.495 e. The van der Waals surface area contributed by atoms with Gasteiger partial charge in [-0.25, -0.2) is 8.42 Å². The van der Waals surface area contributed by atoms with Gasteiger partial charge in [0.15, 0.2) is 0 Å². The van der Waals surface area contributed by atoms with E-state index in [2.05, 4.69) is 24.4 Å². The number of rotatable bonds is 8. The molecule has 1 amide bonds. The molecule has 3 rings (SSSR count). The monoisotopic (exact) mass is 480 g/mol. The molecule has 0 aliphatic carbocycles. The number of methoxy groups -OCH3 is 1. The number of amides is 1. The molecule has 7 heteroatoms. The molecule has 3 aromatic carbocycles. The zero-order valence-electron chi connectivity index (χ0n) is 20.5. The number of carbonyl (C=O) groups is 1. The number of sulfonamides is 1. The fourth-order valence-electron chi connectivity index (χ4n) is 3.96. The van der Waals surface area contributed by atoms with Crippen LogP contribution in [0.1, 0.15) is 40.8 Å². The second-order valence-electron chi connectivity index (χ2n) is 8.58. The highest BCUT2D eigenvalue weighted by molar-refractivity contribution is 7.92. The standard InChI is InChI=1S/C27H32N2O4S/c1-18-12-13-26(33-6)25(14-18)29(34(31,32)23-10-8-7-9-11-23)17-27(30)28-22(5)24-16-20(3)19(2)15-21(24)4/h7-16,22H,17H2,1-6H3,(H,28,30)/t22-/m0/s1. The topological polar surface area (TPSA) is 75.7 Å². The largest absolute Gasteiger partial charge is 0.495 e. The Kier molecular flexibility index (Phi) is 7.67. The first-order chi connectivity index (χ1) is 16.0. The third-order valence-corrected chi connectivity index (χ3v) is 7.72. The average molecular weight is 481 g/mol. The van der Waals surface area contributed by atoms with Crippen LogP contribution in [0.3, 0.4) is 0 Å². The van der Waals surface area contributed by atoms with Crippen molar-refractivity contribution in [2.75, 3.05) is 18.0 Å². The molecule has 1 N–H and O–H groups in total. The molecule has 0 heterocycles. The fourth-order valence-corrected chi connectivity index (χ4v) is 5.40. The van der Waals surface area contributed by atoms with E-state index in [0.29, 0.717) is 11.4 Å². The highest BCUT2D eigenvalue weighted by atomic mass is 32.2. The number of aryl methyl sites for hydroxylation is 4. The van der Waals surface area contributed by atoms with E-state index in [4.69, 9.17) is 4.74 Å². The van der Waals surface area contributed by atoms with E-state index in [-0.39, 0.29) is 17.5 Å². The third kappa shape index (κ3) is 5.42. The molecular weight excluding hydrogens is 448 g/mol. The number of ether oxygens (including phenoxy) is 1. The first kappa shape index (κ1) is 25.3. The van der Waals surface area contributed by atoms with Crippen LogP contribution in [-0.4, -0.2) is 28.0 Å². The van der Waals surface area contributed by atoms with Crippen LogP contribution in [0.15, 0.2) is 65.6 Å². The summed E-state index contributed by atoms with van der Waals surface area (Å²) in [5, 5.41) is 2.97. The molecule has 0 aromatic heterocycles. The van der Waals surface area contributed by atoms with Gasteiger partial charge in [0.05, 0.1) is 23.7 Å². The van der Waals surface area contributed by atoms with E-state index in [1.54, 1.807) is 30.3 Å². The predicted molar refractivity (Wildman–Crippen MR) is 136 cm³/mol. The van der Waals surface area contributed by atoms with E-state index < -0.39 is 15.9 Å². The van der Waals surface area contributed by atoms with Gasteiger partial charge in [-0.2, -0.15) is 0 Å². The molecule has 0 aliphatic heterocycles. The van der Waals surface area contributed by atoms with Crippen LogP contribution in [0.5, 0.6) is 5.75 Å². The molecule has 34 heavy (non-hydrogen) atoms. The predicted octanol–water partition coefficient (Wildman–Crippen LogP) is 5.00. The van der Waals surface area contributed by atoms with Crippen LogP contribution in [0, 0.1) is 27.7 Å². The summed E-state index contributed by atoms with van der Waals surface area (Å²) in [4.78, 5) is 13.3. The molecule has 0 spiro atoms. The van der Waals surface area contributed by atoms with E-state index in [9.17, 15) is 13.2 Å². The van der Waals surface area contributed by atoms with Crippen molar-refractivity contribution in [3.8, 4) is 5.75 Å². The van der Waals surface area contributed by atoms with Crippen molar-refractivity contribution >= 4 is 21.6 Å². The van der Waals surface area contributed by atoms with Gasteiger partial charge in [0.1, 0.15) is 12.3 Å². The molecule has 0 unspecified atom stereocenters. The zero-order chi connectivity index (χ0) is 25.0. The lowest BCUT2D eigenvalue weighted by Gasteiger charge is -2.27. The Balaban J connectivity index is 1.97. The first-order valence-corrected chi connectivity index (χ1v) is 12.6. The van der Waals surface area contributed by atoms with Crippen molar-refractivity contribution in [2.45, 2.75) is 45.6 Å². The molecule has 0 bridgehead atoms. The van der Waals surface area contributed by atoms with Crippen molar-refractivity contribution in [3.05, 3.63) is 88.5 Å². The van der Waals surface area contributed by atoms with Gasteiger partial charge in [-0.3, -0.25) is 9.10 Å². The maximum Gasteiger partial charge on any atom is 0.264 e. The number of nitrogens with one attached hydrogen (secondary N) is 1. The van der Waals surface area contributed by atoms with Gasteiger partial charge < -0.3 is 10.1 Å². The van der Waals surface area contributed by atoms with Gasteiger partial charge in [-0.15, -0.1) is 0 Å². The Hall–Kier alpha value is -3.32. The van der Waals surface area contributed by atoms with E-state index in [1.807, 2.05) is 33.8 Å². The van der Waals surface area contributed by atoms with Crippen LogP contribution in [0.2, 0.25) is 0 Å². The van der Waals surface area contributed by atoms with Crippen LogP contribution < -0.4 is 14.4 Å². The minimum atomic E-state index is -4.03. The highest BCUT2D eigenvalue weighted by Gasteiger charge is 2.30. The van der Waals surface area contributed by atoms with Gasteiger partial charge in [-0.1, -0.05) is 36.4 Å². The average Bonchev–Trinajstić information content (AvgIpc) is 2.80. The second kappa shape index (κ2) is 10.3. The molecule has 180 valence electrons. The number of nitrogens with zero attached hydrogens (tertiary/aromatic N) is 1. The lowest BCUT2D eigenvalue weighted by molar-refractivity contribution is -0.120. The van der Waals surface area contributed by atoms with Crippen LogP contribution in [0.4, 0.5) is 5.69 Å². The normalized spacial score (nSPS) is 12.2. The fraction of sp³-hybridized carbons (Fsp3) is 0.296. The van der Waals surface area contributed by atoms with Crippen molar-refractivity contribution in [2.24, 2.45) is 0 Å². The lowest BCUT2D eigenvalue weighted by atomic mass is 9.96. The summed E-state index contributed by atoms with van der Waals surface area (Å²) in [5.41, 5.74) is 5.57.